The van der Waals surface area contributed by atoms with Crippen molar-refractivity contribution in [3.8, 4) is 11.3 Å². The predicted molar refractivity (Wildman–Crippen MR) is 101 cm³/mol. The highest BCUT2D eigenvalue weighted by atomic mass is 32.1. The van der Waals surface area contributed by atoms with Crippen LogP contribution in [0.25, 0.3) is 17.3 Å². The molecule has 0 fully saturated rings. The van der Waals surface area contributed by atoms with Crippen molar-refractivity contribution < 1.29 is 4.79 Å². The Morgan fingerprint density at radius 3 is 2.58 bits per heavy atom. The summed E-state index contributed by atoms with van der Waals surface area (Å²) in [5, 5.41) is 5.37. The Morgan fingerprint density at radius 1 is 1.12 bits per heavy atom. The number of thiazole rings is 1. The molecular weight excluding hydrogens is 316 g/mol. The second-order valence-electron chi connectivity index (χ2n) is 5.32. The van der Waals surface area contributed by atoms with E-state index in [1.807, 2.05) is 35.7 Å². The van der Waals surface area contributed by atoms with E-state index in [0.717, 1.165) is 23.2 Å². The van der Waals surface area contributed by atoms with E-state index in [0.29, 0.717) is 5.13 Å². The van der Waals surface area contributed by atoms with Gasteiger partial charge in [0.1, 0.15) is 0 Å². The Hall–Kier alpha value is -2.72. The number of benzene rings is 2. The molecule has 0 aliphatic carbocycles. The van der Waals surface area contributed by atoms with Gasteiger partial charge in [-0.1, -0.05) is 61.5 Å². The molecule has 120 valence electrons. The number of aryl methyl sites for hydroxylation is 1. The molecule has 0 unspecified atom stereocenters. The van der Waals surface area contributed by atoms with Gasteiger partial charge >= 0.3 is 0 Å². The zero-order valence-corrected chi connectivity index (χ0v) is 14.2. The van der Waals surface area contributed by atoms with Crippen molar-refractivity contribution in [2.75, 3.05) is 5.32 Å². The number of nitrogens with one attached hydrogen (secondary N) is 1. The monoisotopic (exact) mass is 334 g/mol. The van der Waals surface area contributed by atoms with E-state index in [1.54, 1.807) is 6.08 Å². The summed E-state index contributed by atoms with van der Waals surface area (Å²) in [7, 11) is 0. The summed E-state index contributed by atoms with van der Waals surface area (Å²) in [6.45, 7) is 2.13. The summed E-state index contributed by atoms with van der Waals surface area (Å²) in [4.78, 5) is 16.5. The van der Waals surface area contributed by atoms with Crippen LogP contribution in [-0.2, 0) is 11.2 Å². The molecular formula is C20H18N2OS. The van der Waals surface area contributed by atoms with E-state index < -0.39 is 0 Å². The minimum absolute atomic E-state index is 0.180. The van der Waals surface area contributed by atoms with Crippen molar-refractivity contribution in [3.63, 3.8) is 0 Å². The number of carbonyl (C=O) groups is 1. The van der Waals surface area contributed by atoms with Crippen LogP contribution in [-0.4, -0.2) is 10.9 Å². The minimum Gasteiger partial charge on any atom is -0.298 e. The molecule has 0 bridgehead atoms. The lowest BCUT2D eigenvalue weighted by atomic mass is 10.1. The molecule has 1 N–H and O–H groups in total. The summed E-state index contributed by atoms with van der Waals surface area (Å²) in [6, 6.07) is 18.1. The van der Waals surface area contributed by atoms with Gasteiger partial charge in [0.2, 0.25) is 5.91 Å². The van der Waals surface area contributed by atoms with E-state index >= 15 is 0 Å². The molecule has 0 spiro atoms. The molecule has 0 saturated heterocycles. The van der Waals surface area contributed by atoms with Gasteiger partial charge in [0, 0.05) is 17.0 Å². The quantitative estimate of drug-likeness (QED) is 0.665. The molecule has 0 aliphatic heterocycles. The molecule has 1 aromatic heterocycles. The number of nitrogens with zero attached hydrogens (tertiary/aromatic N) is 1. The highest BCUT2D eigenvalue weighted by Gasteiger charge is 2.06. The molecule has 2 aromatic carbocycles. The predicted octanol–water partition coefficient (Wildman–Crippen LogP) is 5.02. The highest BCUT2D eigenvalue weighted by molar-refractivity contribution is 7.14. The third kappa shape index (κ3) is 4.18. The van der Waals surface area contributed by atoms with Crippen LogP contribution >= 0.6 is 11.3 Å². The van der Waals surface area contributed by atoms with E-state index in [2.05, 4.69) is 41.5 Å². The van der Waals surface area contributed by atoms with Crippen LogP contribution in [0, 0.1) is 0 Å². The van der Waals surface area contributed by atoms with Crippen LogP contribution in [0.2, 0.25) is 0 Å². The lowest BCUT2D eigenvalue weighted by Gasteiger charge is -1.99. The second-order valence-corrected chi connectivity index (χ2v) is 6.18. The van der Waals surface area contributed by atoms with Gasteiger partial charge in [0.05, 0.1) is 5.69 Å². The highest BCUT2D eigenvalue weighted by Crippen LogP contribution is 2.25. The molecule has 3 aromatic rings. The Bertz CT molecular complexity index is 836. The van der Waals surface area contributed by atoms with E-state index in [4.69, 9.17) is 0 Å². The fourth-order valence-electron chi connectivity index (χ4n) is 2.26. The lowest BCUT2D eigenvalue weighted by Crippen LogP contribution is -2.07. The molecule has 3 nitrogen and oxygen atoms in total. The molecule has 0 radical (unpaired) electrons. The lowest BCUT2D eigenvalue weighted by molar-refractivity contribution is -0.111. The van der Waals surface area contributed by atoms with Gasteiger partial charge < -0.3 is 0 Å². The first-order valence-corrected chi connectivity index (χ1v) is 8.71. The molecule has 1 heterocycles. The average Bonchev–Trinajstić information content (AvgIpc) is 3.09. The fraction of sp³-hybridized carbons (Fsp3) is 0.100. The number of carbonyl (C=O) groups excluding carboxylic acids is 1. The number of anilines is 1. The van der Waals surface area contributed by atoms with Crippen LogP contribution in [0.4, 0.5) is 5.13 Å². The van der Waals surface area contributed by atoms with Gasteiger partial charge in [-0.15, -0.1) is 11.3 Å². The van der Waals surface area contributed by atoms with Crippen molar-refractivity contribution in [1.82, 2.24) is 4.98 Å². The number of aromatic nitrogens is 1. The summed E-state index contributed by atoms with van der Waals surface area (Å²) < 4.78 is 0. The molecule has 0 atom stereocenters. The second kappa shape index (κ2) is 7.70. The topological polar surface area (TPSA) is 42.0 Å². The van der Waals surface area contributed by atoms with Crippen molar-refractivity contribution in [2.24, 2.45) is 0 Å². The molecule has 4 heteroatoms. The maximum atomic E-state index is 12.0. The standard InChI is InChI=1S/C20H18N2OS/c1-2-15-8-11-17(12-9-15)18-14-24-20(21-18)22-19(23)13-10-16-6-4-3-5-7-16/h3-14H,2H2,1H3,(H,21,22,23)/b13-10+. The number of rotatable bonds is 5. The van der Waals surface area contributed by atoms with Crippen LogP contribution in [0.15, 0.2) is 66.1 Å². The van der Waals surface area contributed by atoms with E-state index in [9.17, 15) is 4.79 Å². The van der Waals surface area contributed by atoms with Crippen LogP contribution in [0.3, 0.4) is 0 Å². The number of amides is 1. The van der Waals surface area contributed by atoms with Crippen molar-refractivity contribution in [2.45, 2.75) is 13.3 Å². The van der Waals surface area contributed by atoms with Crippen molar-refractivity contribution >= 4 is 28.5 Å². The normalized spacial score (nSPS) is 10.9. The summed E-state index contributed by atoms with van der Waals surface area (Å²) in [5.74, 6) is -0.180. The Balaban J connectivity index is 1.65. The number of hydrogen-bond acceptors (Lipinski definition) is 3. The van der Waals surface area contributed by atoms with Gasteiger partial charge in [-0.05, 0) is 23.6 Å². The van der Waals surface area contributed by atoms with Crippen LogP contribution in [0.5, 0.6) is 0 Å². The van der Waals surface area contributed by atoms with Crippen LogP contribution < -0.4 is 5.32 Å². The summed E-state index contributed by atoms with van der Waals surface area (Å²) in [6.07, 6.45) is 4.33. The molecule has 3 rings (SSSR count). The van der Waals surface area contributed by atoms with Crippen molar-refractivity contribution in [1.29, 1.82) is 0 Å². The minimum atomic E-state index is -0.180. The largest absolute Gasteiger partial charge is 0.298 e. The Labute approximate surface area is 145 Å². The zero-order chi connectivity index (χ0) is 16.8. The van der Waals surface area contributed by atoms with Gasteiger partial charge in [-0.3, -0.25) is 10.1 Å². The van der Waals surface area contributed by atoms with Gasteiger partial charge in [0.15, 0.2) is 5.13 Å². The smallest absolute Gasteiger partial charge is 0.250 e. The summed E-state index contributed by atoms with van der Waals surface area (Å²) in [5.41, 5.74) is 4.23. The van der Waals surface area contributed by atoms with Crippen LogP contribution in [0.1, 0.15) is 18.1 Å². The van der Waals surface area contributed by atoms with Gasteiger partial charge in [-0.25, -0.2) is 4.98 Å². The fourth-order valence-corrected chi connectivity index (χ4v) is 2.98. The third-order valence-electron chi connectivity index (χ3n) is 3.62. The van der Waals surface area contributed by atoms with Gasteiger partial charge in [-0.2, -0.15) is 0 Å². The molecule has 0 saturated carbocycles. The first kappa shape index (κ1) is 16.1. The van der Waals surface area contributed by atoms with Gasteiger partial charge in [0.25, 0.3) is 0 Å². The zero-order valence-electron chi connectivity index (χ0n) is 13.4. The maximum Gasteiger partial charge on any atom is 0.250 e. The van der Waals surface area contributed by atoms with E-state index in [-0.39, 0.29) is 5.91 Å². The molecule has 24 heavy (non-hydrogen) atoms. The molecule has 0 aliphatic rings. The maximum absolute atomic E-state index is 12.0. The first-order chi connectivity index (χ1) is 11.7. The van der Waals surface area contributed by atoms with Crippen molar-refractivity contribution in [3.05, 3.63) is 77.2 Å². The number of hydrogen-bond donors (Lipinski definition) is 1. The van der Waals surface area contributed by atoms with E-state index in [1.165, 1.54) is 23.0 Å². The Kier molecular flexibility index (Phi) is 5.18. The summed E-state index contributed by atoms with van der Waals surface area (Å²) >= 11 is 1.43. The SMILES string of the molecule is CCc1ccc(-c2csc(NC(=O)/C=C/c3ccccc3)n2)cc1. The Morgan fingerprint density at radius 2 is 1.88 bits per heavy atom. The first-order valence-electron chi connectivity index (χ1n) is 7.83. The molecule has 1 amide bonds. The third-order valence-corrected chi connectivity index (χ3v) is 4.38. The average molecular weight is 334 g/mol.